The average Bonchev–Trinajstić information content (AvgIpc) is 3.18. The molecule has 3 heteroatoms. The van der Waals surface area contributed by atoms with Gasteiger partial charge in [-0.2, -0.15) is 0 Å². The van der Waals surface area contributed by atoms with Crippen LogP contribution in [0.1, 0.15) is 44.9 Å². The van der Waals surface area contributed by atoms with E-state index in [2.05, 4.69) is 15.1 Å². The third-order valence-corrected chi connectivity index (χ3v) is 6.10. The quantitative estimate of drug-likeness (QED) is 0.847. The number of fused-ring (bicyclic) bond motifs is 1. The molecule has 0 amide bonds. The highest BCUT2D eigenvalue weighted by atomic mass is 15.3. The molecule has 2 heterocycles. The molecule has 3 atom stereocenters. The van der Waals surface area contributed by atoms with Gasteiger partial charge in [0.1, 0.15) is 0 Å². The van der Waals surface area contributed by atoms with Gasteiger partial charge in [-0.05, 0) is 43.9 Å². The van der Waals surface area contributed by atoms with Crippen molar-refractivity contribution in [1.82, 2.24) is 15.1 Å². The maximum Gasteiger partial charge on any atom is 0.0200 e. The van der Waals surface area contributed by atoms with Crippen LogP contribution in [0.25, 0.3) is 0 Å². The molecule has 0 bridgehead atoms. The molecule has 0 aromatic carbocycles. The zero-order chi connectivity index (χ0) is 13.4. The van der Waals surface area contributed by atoms with E-state index in [0.717, 1.165) is 23.9 Å². The SMILES string of the molecule is C1CCC2NC(CN3CCN(CC4CC4)CC3)CC2C1. The lowest BCUT2D eigenvalue weighted by Gasteiger charge is -2.36. The molecule has 2 saturated carbocycles. The average molecular weight is 277 g/mol. The van der Waals surface area contributed by atoms with Crippen LogP contribution in [-0.4, -0.2) is 61.2 Å². The van der Waals surface area contributed by atoms with Crippen molar-refractivity contribution < 1.29 is 0 Å². The first kappa shape index (κ1) is 13.5. The fraction of sp³-hybridized carbons (Fsp3) is 1.00. The van der Waals surface area contributed by atoms with E-state index in [0.29, 0.717) is 0 Å². The summed E-state index contributed by atoms with van der Waals surface area (Å²) in [6, 6.07) is 1.66. The molecular weight excluding hydrogens is 246 g/mol. The van der Waals surface area contributed by atoms with Crippen LogP contribution < -0.4 is 5.32 Å². The van der Waals surface area contributed by atoms with Crippen molar-refractivity contribution in [2.75, 3.05) is 39.3 Å². The molecule has 3 unspecified atom stereocenters. The lowest BCUT2D eigenvalue weighted by molar-refractivity contribution is 0.120. The molecule has 4 rings (SSSR count). The number of hydrogen-bond acceptors (Lipinski definition) is 3. The van der Waals surface area contributed by atoms with E-state index >= 15 is 0 Å². The topological polar surface area (TPSA) is 18.5 Å². The Labute approximate surface area is 124 Å². The zero-order valence-corrected chi connectivity index (χ0v) is 12.9. The number of rotatable bonds is 4. The maximum absolute atomic E-state index is 3.94. The second-order valence-corrected chi connectivity index (χ2v) is 7.79. The highest BCUT2D eigenvalue weighted by Gasteiger charge is 2.36. The second-order valence-electron chi connectivity index (χ2n) is 7.79. The van der Waals surface area contributed by atoms with Crippen LogP contribution in [0.3, 0.4) is 0 Å². The second kappa shape index (κ2) is 5.94. The Morgan fingerprint density at radius 1 is 0.800 bits per heavy atom. The molecular formula is C17H31N3. The Kier molecular flexibility index (Phi) is 4.02. The number of nitrogens with one attached hydrogen (secondary N) is 1. The number of hydrogen-bond donors (Lipinski definition) is 1. The van der Waals surface area contributed by atoms with Crippen molar-refractivity contribution in [3.05, 3.63) is 0 Å². The van der Waals surface area contributed by atoms with Gasteiger partial charge >= 0.3 is 0 Å². The summed E-state index contributed by atoms with van der Waals surface area (Å²) in [5, 5.41) is 3.94. The van der Waals surface area contributed by atoms with Crippen molar-refractivity contribution >= 4 is 0 Å². The van der Waals surface area contributed by atoms with Gasteiger partial charge in [-0.15, -0.1) is 0 Å². The van der Waals surface area contributed by atoms with Gasteiger partial charge < -0.3 is 10.2 Å². The lowest BCUT2D eigenvalue weighted by atomic mass is 9.85. The van der Waals surface area contributed by atoms with E-state index in [4.69, 9.17) is 0 Å². The van der Waals surface area contributed by atoms with Crippen LogP contribution in [0.2, 0.25) is 0 Å². The Morgan fingerprint density at radius 3 is 2.20 bits per heavy atom. The van der Waals surface area contributed by atoms with Gasteiger partial charge in [0.25, 0.3) is 0 Å². The first-order chi connectivity index (χ1) is 9.87. The minimum absolute atomic E-state index is 0.790. The van der Waals surface area contributed by atoms with E-state index in [1.54, 1.807) is 0 Å². The van der Waals surface area contributed by atoms with Gasteiger partial charge in [-0.25, -0.2) is 0 Å². The summed E-state index contributed by atoms with van der Waals surface area (Å²) >= 11 is 0. The predicted octanol–water partition coefficient (Wildman–Crippen LogP) is 1.93. The summed E-state index contributed by atoms with van der Waals surface area (Å²) in [6.07, 6.45) is 10.3. The Bertz CT molecular complexity index is 306. The van der Waals surface area contributed by atoms with Crippen molar-refractivity contribution in [2.24, 2.45) is 11.8 Å². The van der Waals surface area contributed by atoms with E-state index in [1.165, 1.54) is 84.2 Å². The molecule has 20 heavy (non-hydrogen) atoms. The predicted molar refractivity (Wildman–Crippen MR) is 82.9 cm³/mol. The minimum Gasteiger partial charge on any atom is -0.310 e. The van der Waals surface area contributed by atoms with Crippen LogP contribution in [0, 0.1) is 11.8 Å². The number of piperazine rings is 1. The minimum atomic E-state index is 0.790. The highest BCUT2D eigenvalue weighted by molar-refractivity contribution is 4.94. The van der Waals surface area contributed by atoms with Gasteiger partial charge in [0.15, 0.2) is 0 Å². The van der Waals surface area contributed by atoms with Crippen molar-refractivity contribution in [3.8, 4) is 0 Å². The molecule has 0 aromatic rings. The van der Waals surface area contributed by atoms with E-state index in [9.17, 15) is 0 Å². The van der Waals surface area contributed by atoms with Gasteiger partial charge in [0.2, 0.25) is 0 Å². The number of nitrogens with zero attached hydrogens (tertiary/aromatic N) is 2. The van der Waals surface area contributed by atoms with Crippen LogP contribution in [-0.2, 0) is 0 Å². The fourth-order valence-corrected chi connectivity index (χ4v) is 4.70. The molecule has 114 valence electrons. The summed E-state index contributed by atoms with van der Waals surface area (Å²) in [5.41, 5.74) is 0. The van der Waals surface area contributed by atoms with Crippen LogP contribution in [0.4, 0.5) is 0 Å². The molecule has 0 radical (unpaired) electrons. The van der Waals surface area contributed by atoms with Crippen molar-refractivity contribution in [2.45, 2.75) is 57.0 Å². The Morgan fingerprint density at radius 2 is 1.50 bits per heavy atom. The van der Waals surface area contributed by atoms with E-state index in [1.807, 2.05) is 0 Å². The first-order valence-electron chi connectivity index (χ1n) is 9.07. The molecule has 2 aliphatic carbocycles. The first-order valence-corrected chi connectivity index (χ1v) is 9.07. The smallest absolute Gasteiger partial charge is 0.0200 e. The third kappa shape index (κ3) is 3.20. The standard InChI is InChI=1S/C17H31N3/c1-2-4-17-15(3-1)11-16(18-17)13-20-9-7-19(8-10-20)12-14-5-6-14/h14-18H,1-13H2. The largest absolute Gasteiger partial charge is 0.310 e. The van der Waals surface area contributed by atoms with Crippen molar-refractivity contribution in [1.29, 1.82) is 0 Å². The molecule has 4 fully saturated rings. The molecule has 4 aliphatic rings. The summed E-state index contributed by atoms with van der Waals surface area (Å²) in [4.78, 5) is 5.43. The summed E-state index contributed by atoms with van der Waals surface area (Å²) in [6.45, 7) is 7.94. The monoisotopic (exact) mass is 277 g/mol. The van der Waals surface area contributed by atoms with Gasteiger partial charge in [-0.3, -0.25) is 4.90 Å². The molecule has 2 saturated heterocycles. The van der Waals surface area contributed by atoms with E-state index < -0.39 is 0 Å². The summed E-state index contributed by atoms with van der Waals surface area (Å²) in [5.74, 6) is 2.06. The molecule has 1 N–H and O–H groups in total. The summed E-state index contributed by atoms with van der Waals surface area (Å²) < 4.78 is 0. The molecule has 0 spiro atoms. The van der Waals surface area contributed by atoms with Crippen LogP contribution in [0.15, 0.2) is 0 Å². The third-order valence-electron chi connectivity index (χ3n) is 6.10. The van der Waals surface area contributed by atoms with Crippen LogP contribution >= 0.6 is 0 Å². The zero-order valence-electron chi connectivity index (χ0n) is 12.9. The van der Waals surface area contributed by atoms with Gasteiger partial charge in [0, 0.05) is 51.4 Å². The molecule has 3 nitrogen and oxygen atoms in total. The van der Waals surface area contributed by atoms with E-state index in [-0.39, 0.29) is 0 Å². The maximum atomic E-state index is 3.94. The fourth-order valence-electron chi connectivity index (χ4n) is 4.70. The van der Waals surface area contributed by atoms with Gasteiger partial charge in [-0.1, -0.05) is 12.8 Å². The lowest BCUT2D eigenvalue weighted by Crippen LogP contribution is -2.50. The summed E-state index contributed by atoms with van der Waals surface area (Å²) in [7, 11) is 0. The highest BCUT2D eigenvalue weighted by Crippen LogP contribution is 2.33. The molecule has 2 aliphatic heterocycles. The molecule has 0 aromatic heterocycles. The van der Waals surface area contributed by atoms with Gasteiger partial charge in [0.05, 0.1) is 0 Å². The normalized spacial score (nSPS) is 39.9. The Hall–Kier alpha value is -0.120. The van der Waals surface area contributed by atoms with Crippen molar-refractivity contribution in [3.63, 3.8) is 0 Å². The Balaban J connectivity index is 1.20. The van der Waals surface area contributed by atoms with Crippen LogP contribution in [0.5, 0.6) is 0 Å².